The van der Waals surface area contributed by atoms with E-state index in [1.54, 1.807) is 66.3 Å². The molecule has 0 spiro atoms. The van der Waals surface area contributed by atoms with Gasteiger partial charge in [-0.25, -0.2) is 14.2 Å². The van der Waals surface area contributed by atoms with Gasteiger partial charge in [-0.1, -0.05) is 24.3 Å². The average molecular weight is 452 g/mol. The fraction of sp³-hybridized carbons (Fsp3) is 0.292. The largest absolute Gasteiger partial charge is 0.462 e. The number of amides is 1. The summed E-state index contributed by atoms with van der Waals surface area (Å²) in [6.07, 6.45) is 3.40. The summed E-state index contributed by atoms with van der Waals surface area (Å²) in [6, 6.07) is 13.4. The lowest BCUT2D eigenvalue weighted by atomic mass is 10.2. The monoisotopic (exact) mass is 451 g/mol. The van der Waals surface area contributed by atoms with Gasteiger partial charge in [0.25, 0.3) is 0 Å². The topological polar surface area (TPSA) is 79.7 Å². The number of hydrogen-bond donors (Lipinski definition) is 1. The van der Waals surface area contributed by atoms with Crippen molar-refractivity contribution >= 4 is 23.5 Å². The number of imidazole rings is 1. The highest BCUT2D eigenvalue weighted by molar-refractivity contribution is 6.01. The second kappa shape index (κ2) is 10.3. The van der Waals surface area contributed by atoms with E-state index in [-0.39, 0.29) is 24.9 Å². The molecule has 1 saturated heterocycles. The highest BCUT2D eigenvalue weighted by Crippen LogP contribution is 2.22. The first-order chi connectivity index (χ1) is 16.1. The highest BCUT2D eigenvalue weighted by atomic mass is 19.1. The molecule has 4 rings (SSSR count). The summed E-state index contributed by atoms with van der Waals surface area (Å²) < 4.78 is 21.1. The number of rotatable bonds is 7. The average Bonchev–Trinajstić information content (AvgIpc) is 3.30. The van der Waals surface area contributed by atoms with Gasteiger partial charge >= 0.3 is 5.97 Å². The molecule has 33 heavy (non-hydrogen) atoms. The molecule has 1 N–H and O–H groups in total. The number of nitrogens with zero attached hydrogens (tertiary/aromatic N) is 4. The Bertz CT molecular complexity index is 1120. The lowest BCUT2D eigenvalue weighted by Gasteiger charge is -2.35. The molecule has 1 aliphatic heterocycles. The van der Waals surface area contributed by atoms with E-state index < -0.39 is 5.97 Å². The zero-order valence-corrected chi connectivity index (χ0v) is 18.4. The third kappa shape index (κ3) is 5.20. The maximum Gasteiger partial charge on any atom is 0.340 e. The molecule has 172 valence electrons. The van der Waals surface area contributed by atoms with Crippen molar-refractivity contribution in [2.24, 2.45) is 0 Å². The Morgan fingerprint density at radius 2 is 1.79 bits per heavy atom. The van der Waals surface area contributed by atoms with Gasteiger partial charge in [-0.2, -0.15) is 0 Å². The molecule has 8 nitrogen and oxygen atoms in total. The van der Waals surface area contributed by atoms with Crippen LogP contribution >= 0.6 is 0 Å². The maximum atomic E-state index is 14.3. The number of nitrogens with one attached hydrogen (secondary N) is 1. The molecule has 1 amide bonds. The number of carbonyl (C=O) groups is 2. The molecule has 1 fully saturated rings. The number of esters is 1. The Hall–Kier alpha value is -3.72. The second-order valence-electron chi connectivity index (χ2n) is 7.63. The first-order valence-corrected chi connectivity index (χ1v) is 10.9. The normalized spacial score (nSPS) is 14.2. The SMILES string of the molecule is CCOC(=O)c1ccccc1NC(=O)CN1CCN(c2nccn2-c2ccccc2F)CC1. The Morgan fingerprint density at radius 1 is 1.06 bits per heavy atom. The molecule has 0 atom stereocenters. The molecule has 3 aromatic rings. The molecule has 0 saturated carbocycles. The molecule has 0 unspecified atom stereocenters. The summed E-state index contributed by atoms with van der Waals surface area (Å²) in [5.74, 6) is -0.303. The molecular weight excluding hydrogens is 425 g/mol. The number of para-hydroxylation sites is 2. The van der Waals surface area contributed by atoms with Crippen LogP contribution in [-0.4, -0.2) is 65.7 Å². The van der Waals surface area contributed by atoms with Crippen LogP contribution in [0.4, 0.5) is 16.0 Å². The molecule has 2 heterocycles. The van der Waals surface area contributed by atoms with Gasteiger partial charge in [-0.15, -0.1) is 0 Å². The van der Waals surface area contributed by atoms with Crippen LogP contribution in [0.1, 0.15) is 17.3 Å². The summed E-state index contributed by atoms with van der Waals surface area (Å²) in [5.41, 5.74) is 1.22. The fourth-order valence-electron chi connectivity index (χ4n) is 3.84. The quantitative estimate of drug-likeness (QED) is 0.557. The zero-order chi connectivity index (χ0) is 23.2. The van der Waals surface area contributed by atoms with Crippen molar-refractivity contribution in [1.29, 1.82) is 0 Å². The first kappa shape index (κ1) is 22.5. The number of benzene rings is 2. The molecule has 0 bridgehead atoms. The van der Waals surface area contributed by atoms with E-state index in [0.29, 0.717) is 49.1 Å². The summed E-state index contributed by atoms with van der Waals surface area (Å²) in [4.78, 5) is 33.3. The number of aromatic nitrogens is 2. The van der Waals surface area contributed by atoms with E-state index in [0.717, 1.165) is 0 Å². The molecule has 0 radical (unpaired) electrons. The number of carbonyl (C=O) groups excluding carboxylic acids is 2. The van der Waals surface area contributed by atoms with Crippen molar-refractivity contribution in [3.63, 3.8) is 0 Å². The molecule has 0 aliphatic carbocycles. The van der Waals surface area contributed by atoms with Gasteiger partial charge in [0.2, 0.25) is 11.9 Å². The number of halogens is 1. The summed E-state index contributed by atoms with van der Waals surface area (Å²) in [5, 5.41) is 2.82. The van der Waals surface area contributed by atoms with Gasteiger partial charge in [-0.05, 0) is 31.2 Å². The van der Waals surface area contributed by atoms with Crippen molar-refractivity contribution in [3.8, 4) is 5.69 Å². The van der Waals surface area contributed by atoms with Gasteiger partial charge in [0, 0.05) is 38.6 Å². The lowest BCUT2D eigenvalue weighted by molar-refractivity contribution is -0.117. The Morgan fingerprint density at radius 3 is 2.55 bits per heavy atom. The van der Waals surface area contributed by atoms with E-state index in [2.05, 4.69) is 15.2 Å². The van der Waals surface area contributed by atoms with Crippen LogP contribution in [0, 0.1) is 5.82 Å². The van der Waals surface area contributed by atoms with E-state index in [4.69, 9.17) is 4.74 Å². The van der Waals surface area contributed by atoms with Crippen molar-refractivity contribution in [2.75, 3.05) is 49.5 Å². The van der Waals surface area contributed by atoms with Crippen molar-refractivity contribution in [1.82, 2.24) is 14.5 Å². The number of anilines is 2. The van der Waals surface area contributed by atoms with E-state index >= 15 is 0 Å². The molecule has 1 aliphatic rings. The van der Waals surface area contributed by atoms with Crippen LogP contribution in [-0.2, 0) is 9.53 Å². The lowest BCUT2D eigenvalue weighted by Crippen LogP contribution is -2.49. The number of ether oxygens (including phenoxy) is 1. The standard InChI is InChI=1S/C24H26FN5O3/c1-2-33-23(32)18-7-3-5-9-20(18)27-22(31)17-28-13-15-29(16-14-28)24-26-11-12-30(24)21-10-6-4-8-19(21)25/h3-12H,2,13-17H2,1H3,(H,27,31). The maximum absolute atomic E-state index is 14.3. The third-order valence-electron chi connectivity index (χ3n) is 5.45. The fourth-order valence-corrected chi connectivity index (χ4v) is 3.84. The Kier molecular flexibility index (Phi) is 6.99. The third-order valence-corrected chi connectivity index (χ3v) is 5.45. The van der Waals surface area contributed by atoms with E-state index in [9.17, 15) is 14.0 Å². The van der Waals surface area contributed by atoms with Crippen LogP contribution < -0.4 is 10.2 Å². The zero-order valence-electron chi connectivity index (χ0n) is 18.4. The minimum Gasteiger partial charge on any atom is -0.462 e. The first-order valence-electron chi connectivity index (χ1n) is 10.9. The van der Waals surface area contributed by atoms with E-state index in [1.165, 1.54) is 6.07 Å². The second-order valence-corrected chi connectivity index (χ2v) is 7.63. The van der Waals surface area contributed by atoms with Crippen molar-refractivity contribution in [2.45, 2.75) is 6.92 Å². The van der Waals surface area contributed by atoms with Crippen molar-refractivity contribution < 1.29 is 18.7 Å². The molecule has 9 heteroatoms. The van der Waals surface area contributed by atoms with Gasteiger partial charge in [0.05, 0.1) is 30.1 Å². The minimum absolute atomic E-state index is 0.201. The van der Waals surface area contributed by atoms with Crippen molar-refractivity contribution in [3.05, 3.63) is 72.3 Å². The van der Waals surface area contributed by atoms with Crippen LogP contribution in [0.2, 0.25) is 0 Å². The predicted molar refractivity (Wildman–Crippen MR) is 123 cm³/mol. The van der Waals surface area contributed by atoms with E-state index in [1.807, 2.05) is 4.90 Å². The Labute approximate surface area is 191 Å². The van der Waals surface area contributed by atoms with Crippen LogP contribution in [0.3, 0.4) is 0 Å². The van der Waals surface area contributed by atoms with Crippen LogP contribution in [0.5, 0.6) is 0 Å². The van der Waals surface area contributed by atoms with Gasteiger partial charge in [0.1, 0.15) is 5.82 Å². The van der Waals surface area contributed by atoms with Crippen LogP contribution in [0.25, 0.3) is 5.69 Å². The van der Waals surface area contributed by atoms with Gasteiger partial charge < -0.3 is 15.0 Å². The smallest absolute Gasteiger partial charge is 0.340 e. The molecule has 2 aromatic carbocycles. The predicted octanol–water partition coefficient (Wildman–Crippen LogP) is 2.95. The summed E-state index contributed by atoms with van der Waals surface area (Å²) in [7, 11) is 0. The minimum atomic E-state index is -0.465. The Balaban J connectivity index is 1.35. The van der Waals surface area contributed by atoms with Gasteiger partial charge in [-0.3, -0.25) is 14.3 Å². The van der Waals surface area contributed by atoms with Gasteiger partial charge in [0.15, 0.2) is 0 Å². The summed E-state index contributed by atoms with van der Waals surface area (Å²) in [6.45, 7) is 4.80. The number of piperazine rings is 1. The number of hydrogen-bond acceptors (Lipinski definition) is 6. The highest BCUT2D eigenvalue weighted by Gasteiger charge is 2.23. The summed E-state index contributed by atoms with van der Waals surface area (Å²) >= 11 is 0. The molecule has 1 aromatic heterocycles. The molecular formula is C24H26FN5O3. The van der Waals surface area contributed by atoms with Crippen LogP contribution in [0.15, 0.2) is 60.9 Å².